The molecule has 0 fully saturated rings. The van der Waals surface area contributed by atoms with Crippen LogP contribution in [0.1, 0.15) is 13.3 Å². The topological polar surface area (TPSA) is 84.1 Å². The van der Waals surface area contributed by atoms with E-state index < -0.39 is 0 Å². The first-order valence-electron chi connectivity index (χ1n) is 7.93. The zero-order valence-corrected chi connectivity index (χ0v) is 15.1. The standard InChI is InChI=1S/C18H18Cl2N4O/c1-2-12(21)9-22-17-13-7-10(19)3-5-15(13)23-18(24-17)14-8-11(20)4-6-16(14)25/h3-8,12,25H,2,9,21H2,1H3,(H,22,23,24). The summed E-state index contributed by atoms with van der Waals surface area (Å²) in [5.41, 5.74) is 7.17. The normalized spacial score (nSPS) is 12.3. The molecule has 0 saturated carbocycles. The van der Waals surface area contributed by atoms with Crippen LogP contribution in [0.15, 0.2) is 36.4 Å². The van der Waals surface area contributed by atoms with Crippen molar-refractivity contribution in [2.75, 3.05) is 11.9 Å². The zero-order valence-electron chi connectivity index (χ0n) is 13.6. The average Bonchev–Trinajstić information content (AvgIpc) is 2.61. The molecule has 0 bridgehead atoms. The Labute approximate surface area is 155 Å². The molecule has 0 radical (unpaired) electrons. The van der Waals surface area contributed by atoms with Gasteiger partial charge in [0, 0.05) is 28.0 Å². The summed E-state index contributed by atoms with van der Waals surface area (Å²) < 4.78 is 0. The summed E-state index contributed by atoms with van der Waals surface area (Å²) in [5.74, 6) is 1.06. The lowest BCUT2D eigenvalue weighted by molar-refractivity contribution is 0.477. The summed E-state index contributed by atoms with van der Waals surface area (Å²) >= 11 is 12.2. The van der Waals surface area contributed by atoms with E-state index >= 15 is 0 Å². The van der Waals surface area contributed by atoms with Crippen molar-refractivity contribution in [1.82, 2.24) is 9.97 Å². The van der Waals surface area contributed by atoms with Gasteiger partial charge in [-0.3, -0.25) is 0 Å². The van der Waals surface area contributed by atoms with Crippen LogP contribution >= 0.6 is 23.2 Å². The van der Waals surface area contributed by atoms with E-state index in [2.05, 4.69) is 15.3 Å². The lowest BCUT2D eigenvalue weighted by Gasteiger charge is -2.14. The second-order valence-corrected chi connectivity index (χ2v) is 6.64. The van der Waals surface area contributed by atoms with Crippen LogP contribution in [0.4, 0.5) is 5.82 Å². The monoisotopic (exact) mass is 376 g/mol. The Morgan fingerprint density at radius 2 is 1.84 bits per heavy atom. The number of nitrogens with zero attached hydrogens (tertiary/aromatic N) is 2. The molecule has 1 atom stereocenters. The number of aromatic nitrogens is 2. The van der Waals surface area contributed by atoms with Gasteiger partial charge in [-0.25, -0.2) is 9.97 Å². The van der Waals surface area contributed by atoms with Gasteiger partial charge in [-0.05, 0) is 42.8 Å². The number of phenols is 1. The summed E-state index contributed by atoms with van der Waals surface area (Å²) in [6.07, 6.45) is 0.846. The number of hydrogen-bond donors (Lipinski definition) is 3. The van der Waals surface area contributed by atoms with Crippen molar-refractivity contribution in [1.29, 1.82) is 0 Å². The Morgan fingerprint density at radius 1 is 1.12 bits per heavy atom. The number of nitrogens with two attached hydrogens (primary N) is 1. The smallest absolute Gasteiger partial charge is 0.165 e. The number of anilines is 1. The van der Waals surface area contributed by atoms with Crippen molar-refractivity contribution in [2.24, 2.45) is 5.73 Å². The molecule has 1 unspecified atom stereocenters. The third-order valence-electron chi connectivity index (χ3n) is 3.91. The second-order valence-electron chi connectivity index (χ2n) is 5.77. The van der Waals surface area contributed by atoms with Gasteiger partial charge in [0.1, 0.15) is 11.6 Å². The van der Waals surface area contributed by atoms with Gasteiger partial charge in [0.15, 0.2) is 5.82 Å². The molecule has 5 nitrogen and oxygen atoms in total. The van der Waals surface area contributed by atoms with E-state index in [0.717, 1.165) is 11.8 Å². The fraction of sp³-hybridized carbons (Fsp3) is 0.222. The Morgan fingerprint density at radius 3 is 2.60 bits per heavy atom. The molecule has 0 saturated heterocycles. The molecule has 0 spiro atoms. The Bertz CT molecular complexity index is 917. The highest BCUT2D eigenvalue weighted by Gasteiger charge is 2.14. The van der Waals surface area contributed by atoms with Crippen molar-refractivity contribution in [2.45, 2.75) is 19.4 Å². The third-order valence-corrected chi connectivity index (χ3v) is 4.38. The molecule has 1 aromatic heterocycles. The number of halogens is 2. The molecular formula is C18H18Cl2N4O. The van der Waals surface area contributed by atoms with Gasteiger partial charge in [-0.1, -0.05) is 30.1 Å². The molecule has 2 aromatic carbocycles. The Kier molecular flexibility index (Phi) is 5.27. The molecule has 0 aliphatic carbocycles. The van der Waals surface area contributed by atoms with Gasteiger partial charge in [0.05, 0.1) is 11.1 Å². The lowest BCUT2D eigenvalue weighted by atomic mass is 10.1. The van der Waals surface area contributed by atoms with Crippen molar-refractivity contribution < 1.29 is 5.11 Å². The zero-order chi connectivity index (χ0) is 18.0. The minimum atomic E-state index is 0.00669. The van der Waals surface area contributed by atoms with E-state index in [9.17, 15) is 5.11 Å². The molecule has 7 heteroatoms. The molecule has 1 heterocycles. The quantitative estimate of drug-likeness (QED) is 0.612. The minimum absolute atomic E-state index is 0.00669. The van der Waals surface area contributed by atoms with Crippen molar-refractivity contribution >= 4 is 39.9 Å². The van der Waals surface area contributed by atoms with Gasteiger partial charge < -0.3 is 16.2 Å². The summed E-state index contributed by atoms with van der Waals surface area (Å²) in [5, 5.41) is 15.3. The van der Waals surface area contributed by atoms with Gasteiger partial charge in [-0.2, -0.15) is 0 Å². The van der Waals surface area contributed by atoms with E-state index in [1.807, 2.05) is 13.0 Å². The molecule has 0 amide bonds. The van der Waals surface area contributed by atoms with Crippen molar-refractivity contribution in [3.63, 3.8) is 0 Å². The van der Waals surface area contributed by atoms with E-state index in [-0.39, 0.29) is 11.8 Å². The first kappa shape index (κ1) is 17.7. The number of rotatable bonds is 5. The maximum absolute atomic E-state index is 10.2. The predicted octanol–water partition coefficient (Wildman–Crippen LogP) is 4.46. The molecular weight excluding hydrogens is 359 g/mol. The number of nitrogens with one attached hydrogen (secondary N) is 1. The molecule has 3 aromatic rings. The summed E-state index contributed by atoms with van der Waals surface area (Å²) in [4.78, 5) is 9.10. The van der Waals surface area contributed by atoms with E-state index in [1.54, 1.807) is 24.3 Å². The maximum atomic E-state index is 10.2. The van der Waals surface area contributed by atoms with E-state index in [0.29, 0.717) is 39.3 Å². The van der Waals surface area contributed by atoms with Crippen molar-refractivity contribution in [3.05, 3.63) is 46.4 Å². The summed E-state index contributed by atoms with van der Waals surface area (Å²) in [6, 6.07) is 10.2. The number of benzene rings is 2. The van der Waals surface area contributed by atoms with E-state index in [1.165, 1.54) is 6.07 Å². The maximum Gasteiger partial charge on any atom is 0.165 e. The molecule has 4 N–H and O–H groups in total. The van der Waals surface area contributed by atoms with Crippen LogP contribution in [0.2, 0.25) is 10.0 Å². The number of hydrogen-bond acceptors (Lipinski definition) is 5. The second kappa shape index (κ2) is 7.44. The first-order chi connectivity index (χ1) is 12.0. The Balaban J connectivity index is 2.14. The lowest BCUT2D eigenvalue weighted by Crippen LogP contribution is -2.28. The van der Waals surface area contributed by atoms with Gasteiger partial charge in [0.25, 0.3) is 0 Å². The number of aromatic hydroxyl groups is 1. The molecule has 25 heavy (non-hydrogen) atoms. The highest BCUT2D eigenvalue weighted by Crippen LogP contribution is 2.33. The minimum Gasteiger partial charge on any atom is -0.507 e. The first-order valence-corrected chi connectivity index (χ1v) is 8.69. The average molecular weight is 377 g/mol. The number of fused-ring (bicyclic) bond motifs is 1. The van der Waals surface area contributed by atoms with Crippen LogP contribution in [0, 0.1) is 0 Å². The molecule has 0 aliphatic rings. The number of phenolic OH excluding ortho intramolecular Hbond substituents is 1. The summed E-state index contributed by atoms with van der Waals surface area (Å²) in [6.45, 7) is 2.59. The largest absolute Gasteiger partial charge is 0.507 e. The van der Waals surface area contributed by atoms with Crippen LogP contribution in [0.5, 0.6) is 5.75 Å². The highest BCUT2D eigenvalue weighted by molar-refractivity contribution is 6.31. The fourth-order valence-electron chi connectivity index (χ4n) is 2.42. The fourth-order valence-corrected chi connectivity index (χ4v) is 2.76. The SMILES string of the molecule is CCC(N)CNc1nc(-c2cc(Cl)ccc2O)nc2ccc(Cl)cc12. The van der Waals surface area contributed by atoms with Crippen LogP contribution < -0.4 is 11.1 Å². The van der Waals surface area contributed by atoms with Gasteiger partial charge >= 0.3 is 0 Å². The van der Waals surface area contributed by atoms with Crippen LogP contribution in [0.3, 0.4) is 0 Å². The predicted molar refractivity (Wildman–Crippen MR) is 103 cm³/mol. The summed E-state index contributed by atoms with van der Waals surface area (Å²) in [7, 11) is 0. The van der Waals surface area contributed by atoms with Crippen molar-refractivity contribution in [3.8, 4) is 17.1 Å². The Hall–Kier alpha value is -2.08. The van der Waals surface area contributed by atoms with Crippen LogP contribution in [-0.2, 0) is 0 Å². The van der Waals surface area contributed by atoms with Crippen LogP contribution in [-0.4, -0.2) is 27.7 Å². The highest BCUT2D eigenvalue weighted by atomic mass is 35.5. The molecule has 0 aliphatic heterocycles. The molecule has 3 rings (SSSR count). The molecule has 130 valence electrons. The van der Waals surface area contributed by atoms with Gasteiger partial charge in [-0.15, -0.1) is 0 Å². The van der Waals surface area contributed by atoms with E-state index in [4.69, 9.17) is 28.9 Å². The van der Waals surface area contributed by atoms with Crippen LogP contribution in [0.25, 0.3) is 22.3 Å². The third kappa shape index (κ3) is 3.95. The van der Waals surface area contributed by atoms with Gasteiger partial charge in [0.2, 0.25) is 0 Å².